The van der Waals surface area contributed by atoms with Crippen LogP contribution in [0.15, 0.2) is 54.6 Å². The number of hydrogen-bond acceptors (Lipinski definition) is 4. The summed E-state index contributed by atoms with van der Waals surface area (Å²) >= 11 is 0. The average Bonchev–Trinajstić information content (AvgIpc) is 3.00. The van der Waals surface area contributed by atoms with E-state index >= 15 is 0 Å². The standard InChI is InChI=1S/C26H23NO4/c1-4-31-26(30)24-17(3)27(19-12-9-16(2)10-13-19)25(29)22(24)15-21-20-8-6-5-7-18(20)11-14-23(21)28/h5-15,29H,4H2,1-3H3. The number of nitrogens with zero attached hydrogens (tertiary/aromatic N) is 1. The van der Waals surface area contributed by atoms with E-state index in [-0.39, 0.29) is 29.4 Å². The molecular weight excluding hydrogens is 390 g/mol. The number of hydrogen-bond donors (Lipinski definition) is 1. The fraction of sp³-hybridized carbons (Fsp3) is 0.154. The maximum atomic E-state index is 12.8. The van der Waals surface area contributed by atoms with Gasteiger partial charge in [-0.1, -0.05) is 48.0 Å². The number of ketones is 1. The summed E-state index contributed by atoms with van der Waals surface area (Å²) in [4.78, 5) is 25.6. The normalized spacial score (nSPS) is 14.0. The van der Waals surface area contributed by atoms with Crippen LogP contribution in [0.4, 0.5) is 0 Å². The third-order valence-corrected chi connectivity index (χ3v) is 5.41. The number of aryl methyl sites for hydroxylation is 1. The van der Waals surface area contributed by atoms with Gasteiger partial charge in [0.05, 0.1) is 17.7 Å². The average molecular weight is 413 g/mol. The fourth-order valence-corrected chi connectivity index (χ4v) is 3.87. The van der Waals surface area contributed by atoms with Crippen LogP contribution in [-0.4, -0.2) is 28.0 Å². The topological polar surface area (TPSA) is 68.5 Å². The Hall–Kier alpha value is -3.86. The number of aromatic nitrogens is 1. The van der Waals surface area contributed by atoms with Crippen LogP contribution in [0.2, 0.25) is 0 Å². The Morgan fingerprint density at radius 1 is 1.06 bits per heavy atom. The second-order valence-corrected chi connectivity index (χ2v) is 7.43. The van der Waals surface area contributed by atoms with Crippen LogP contribution < -0.4 is 0 Å². The van der Waals surface area contributed by atoms with Crippen LogP contribution in [-0.2, 0) is 9.53 Å². The van der Waals surface area contributed by atoms with Crippen molar-refractivity contribution in [3.63, 3.8) is 0 Å². The predicted molar refractivity (Wildman–Crippen MR) is 121 cm³/mol. The van der Waals surface area contributed by atoms with Gasteiger partial charge in [0.25, 0.3) is 0 Å². The van der Waals surface area contributed by atoms with E-state index in [2.05, 4.69) is 0 Å². The van der Waals surface area contributed by atoms with E-state index in [0.717, 1.165) is 16.7 Å². The van der Waals surface area contributed by atoms with E-state index in [0.29, 0.717) is 17.0 Å². The van der Waals surface area contributed by atoms with Crippen LogP contribution in [0.25, 0.3) is 23.4 Å². The van der Waals surface area contributed by atoms with Gasteiger partial charge >= 0.3 is 5.97 Å². The summed E-state index contributed by atoms with van der Waals surface area (Å²) in [6.45, 7) is 5.67. The Morgan fingerprint density at radius 2 is 1.77 bits per heavy atom. The molecule has 0 radical (unpaired) electrons. The molecule has 5 nitrogen and oxygen atoms in total. The molecule has 1 aliphatic carbocycles. The minimum absolute atomic E-state index is 0.114. The summed E-state index contributed by atoms with van der Waals surface area (Å²) < 4.78 is 6.87. The lowest BCUT2D eigenvalue weighted by molar-refractivity contribution is -0.109. The molecule has 1 aliphatic rings. The monoisotopic (exact) mass is 413 g/mol. The Kier molecular flexibility index (Phi) is 5.34. The first kappa shape index (κ1) is 20.4. The first-order valence-electron chi connectivity index (χ1n) is 10.1. The lowest BCUT2D eigenvalue weighted by Crippen LogP contribution is -2.09. The molecule has 1 aromatic heterocycles. The quantitative estimate of drug-likeness (QED) is 0.477. The summed E-state index contributed by atoms with van der Waals surface area (Å²) in [5.74, 6) is -0.842. The van der Waals surface area contributed by atoms with Crippen molar-refractivity contribution in [2.75, 3.05) is 6.61 Å². The van der Waals surface area contributed by atoms with Gasteiger partial charge in [-0.2, -0.15) is 0 Å². The molecule has 31 heavy (non-hydrogen) atoms. The first-order chi connectivity index (χ1) is 14.9. The predicted octanol–water partition coefficient (Wildman–Crippen LogP) is 5.11. The van der Waals surface area contributed by atoms with Crippen molar-refractivity contribution in [3.8, 4) is 11.6 Å². The molecular formula is C26H23NO4. The Labute approximate surface area is 180 Å². The van der Waals surface area contributed by atoms with Crippen LogP contribution in [0, 0.1) is 13.8 Å². The highest BCUT2D eigenvalue weighted by Gasteiger charge is 2.27. The zero-order chi connectivity index (χ0) is 22.1. The van der Waals surface area contributed by atoms with Crippen molar-refractivity contribution in [3.05, 3.63) is 88.1 Å². The summed E-state index contributed by atoms with van der Waals surface area (Å²) in [7, 11) is 0. The molecule has 0 saturated heterocycles. The maximum Gasteiger partial charge on any atom is 0.340 e. The number of aromatic hydroxyl groups is 1. The molecule has 0 spiro atoms. The van der Waals surface area contributed by atoms with E-state index in [4.69, 9.17) is 4.74 Å². The maximum absolute atomic E-state index is 12.8. The van der Waals surface area contributed by atoms with E-state index in [1.165, 1.54) is 6.08 Å². The van der Waals surface area contributed by atoms with Gasteiger partial charge in [-0.05, 0) is 56.2 Å². The van der Waals surface area contributed by atoms with Gasteiger partial charge < -0.3 is 9.84 Å². The minimum atomic E-state index is -0.542. The largest absolute Gasteiger partial charge is 0.494 e. The molecule has 1 heterocycles. The van der Waals surface area contributed by atoms with Crippen molar-refractivity contribution in [2.24, 2.45) is 0 Å². The lowest BCUT2D eigenvalue weighted by Gasteiger charge is -2.13. The summed E-state index contributed by atoms with van der Waals surface area (Å²) in [5.41, 5.74) is 4.92. The molecule has 0 fully saturated rings. The number of benzene rings is 2. The van der Waals surface area contributed by atoms with Gasteiger partial charge in [0.15, 0.2) is 5.78 Å². The number of fused-ring (bicyclic) bond motifs is 1. The zero-order valence-corrected chi connectivity index (χ0v) is 17.7. The number of carbonyl (C=O) groups is 2. The number of allylic oxidation sites excluding steroid dienone is 2. The van der Waals surface area contributed by atoms with Gasteiger partial charge in [0.1, 0.15) is 0 Å². The van der Waals surface area contributed by atoms with Crippen LogP contribution in [0.1, 0.15) is 45.2 Å². The summed E-state index contributed by atoms with van der Waals surface area (Å²) in [6, 6.07) is 15.1. The molecule has 2 aromatic carbocycles. The summed E-state index contributed by atoms with van der Waals surface area (Å²) in [5, 5.41) is 11.2. The number of ether oxygens (including phenoxy) is 1. The van der Waals surface area contributed by atoms with Gasteiger partial charge in [0.2, 0.25) is 5.88 Å². The molecule has 0 unspecified atom stereocenters. The Bertz CT molecular complexity index is 1240. The molecule has 3 aromatic rings. The van der Waals surface area contributed by atoms with Crippen LogP contribution in [0.3, 0.4) is 0 Å². The minimum Gasteiger partial charge on any atom is -0.494 e. The van der Waals surface area contributed by atoms with Crippen LogP contribution >= 0.6 is 0 Å². The Balaban J connectivity index is 1.97. The molecule has 5 heteroatoms. The van der Waals surface area contributed by atoms with Crippen molar-refractivity contribution < 1.29 is 19.4 Å². The van der Waals surface area contributed by atoms with Gasteiger partial charge in [-0.3, -0.25) is 9.36 Å². The molecule has 0 aliphatic heterocycles. The molecule has 0 amide bonds. The number of esters is 1. The molecule has 1 N–H and O–H groups in total. The molecule has 156 valence electrons. The van der Waals surface area contributed by atoms with Gasteiger partial charge in [0, 0.05) is 17.0 Å². The highest BCUT2D eigenvalue weighted by Crippen LogP contribution is 2.37. The Morgan fingerprint density at radius 3 is 2.48 bits per heavy atom. The number of carbonyl (C=O) groups excluding carboxylic acids is 2. The van der Waals surface area contributed by atoms with Crippen molar-refractivity contribution in [2.45, 2.75) is 20.8 Å². The van der Waals surface area contributed by atoms with Crippen LogP contribution in [0.5, 0.6) is 5.88 Å². The van der Waals surface area contributed by atoms with E-state index in [1.807, 2.05) is 55.5 Å². The second kappa shape index (κ2) is 8.11. The third-order valence-electron chi connectivity index (χ3n) is 5.41. The van der Waals surface area contributed by atoms with Gasteiger partial charge in [-0.15, -0.1) is 0 Å². The lowest BCUT2D eigenvalue weighted by atomic mass is 9.90. The smallest absolute Gasteiger partial charge is 0.340 e. The third kappa shape index (κ3) is 3.59. The van der Waals surface area contributed by atoms with E-state index in [1.54, 1.807) is 30.6 Å². The zero-order valence-electron chi connectivity index (χ0n) is 17.7. The van der Waals surface area contributed by atoms with Gasteiger partial charge in [-0.25, -0.2) is 4.79 Å². The molecule has 0 saturated carbocycles. The van der Waals surface area contributed by atoms with Crippen molar-refractivity contribution in [1.82, 2.24) is 4.57 Å². The molecule has 0 atom stereocenters. The molecule has 0 bridgehead atoms. The highest BCUT2D eigenvalue weighted by atomic mass is 16.5. The second-order valence-electron chi connectivity index (χ2n) is 7.43. The fourth-order valence-electron chi connectivity index (χ4n) is 3.87. The van der Waals surface area contributed by atoms with Crippen molar-refractivity contribution in [1.29, 1.82) is 0 Å². The highest BCUT2D eigenvalue weighted by molar-refractivity contribution is 6.33. The van der Waals surface area contributed by atoms with Crippen molar-refractivity contribution >= 4 is 29.5 Å². The van der Waals surface area contributed by atoms with E-state index < -0.39 is 5.97 Å². The summed E-state index contributed by atoms with van der Waals surface area (Å²) in [6.07, 6.45) is 4.85. The molecule has 4 rings (SSSR count). The first-order valence-corrected chi connectivity index (χ1v) is 10.1. The number of rotatable bonds is 4. The van der Waals surface area contributed by atoms with E-state index in [9.17, 15) is 14.7 Å². The SMILES string of the molecule is CCOC(=O)c1c(C=C2C(=O)C=Cc3ccccc32)c(O)n(-c2ccc(C)cc2)c1C.